The molecule has 0 spiro atoms. The van der Waals surface area contributed by atoms with Gasteiger partial charge >= 0.3 is 0 Å². The van der Waals surface area contributed by atoms with Crippen LogP contribution in [-0.2, 0) is 4.79 Å². The van der Waals surface area contributed by atoms with Crippen LogP contribution in [0.15, 0.2) is 24.5 Å². The van der Waals surface area contributed by atoms with Gasteiger partial charge in [-0.2, -0.15) is 0 Å². The molecule has 0 fully saturated rings. The largest absolute Gasteiger partial charge is 0.289 e. The fourth-order valence-corrected chi connectivity index (χ4v) is 3.80. The average Bonchev–Trinajstić information content (AvgIpc) is 2.94. The Balaban J connectivity index is 2.41. The highest BCUT2D eigenvalue weighted by Gasteiger charge is 2.33. The number of anilines is 1. The summed E-state index contributed by atoms with van der Waals surface area (Å²) < 4.78 is 0. The zero-order valence-electron chi connectivity index (χ0n) is 14.0. The van der Waals surface area contributed by atoms with E-state index < -0.39 is 5.41 Å². The van der Waals surface area contributed by atoms with Gasteiger partial charge in [0.2, 0.25) is 5.91 Å². The van der Waals surface area contributed by atoms with Crippen LogP contribution in [0.2, 0.25) is 5.15 Å². The van der Waals surface area contributed by atoms with Crippen molar-refractivity contribution < 1.29 is 4.79 Å². The van der Waals surface area contributed by atoms with Gasteiger partial charge in [0.05, 0.1) is 6.54 Å². The van der Waals surface area contributed by atoms with Gasteiger partial charge in [0.25, 0.3) is 0 Å². The zero-order chi connectivity index (χ0) is 17.7. The summed E-state index contributed by atoms with van der Waals surface area (Å²) in [4.78, 5) is 23.0. The second kappa shape index (κ2) is 7.78. The van der Waals surface area contributed by atoms with E-state index in [1.165, 1.54) is 11.3 Å². The van der Waals surface area contributed by atoms with E-state index in [1.807, 2.05) is 26.0 Å². The van der Waals surface area contributed by atoms with Crippen molar-refractivity contribution in [3.63, 3.8) is 0 Å². The average molecular weight is 362 g/mol. The lowest BCUT2D eigenvalue weighted by atomic mass is 9.86. The third kappa shape index (κ3) is 3.95. The molecule has 0 radical (unpaired) electrons. The summed E-state index contributed by atoms with van der Waals surface area (Å²) in [7, 11) is 0. The molecule has 126 valence electrons. The number of halogens is 1. The highest BCUT2D eigenvalue weighted by atomic mass is 35.5. The van der Waals surface area contributed by atoms with Gasteiger partial charge in [-0.1, -0.05) is 56.1 Å². The Morgan fingerprint density at radius 1 is 1.50 bits per heavy atom. The molecule has 0 aliphatic rings. The van der Waals surface area contributed by atoms with Crippen LogP contribution < -0.4 is 4.90 Å². The smallest absolute Gasteiger partial charge is 0.234 e. The molecule has 2 heterocycles. The molecule has 0 aromatic carbocycles. The number of hydrogen-bond acceptors (Lipinski definition) is 4. The highest BCUT2D eigenvalue weighted by molar-refractivity contribution is 7.19. The summed E-state index contributed by atoms with van der Waals surface area (Å²) in [6.45, 7) is 6.08. The van der Waals surface area contributed by atoms with Gasteiger partial charge in [-0.3, -0.25) is 14.7 Å². The maximum absolute atomic E-state index is 13.0. The zero-order valence-corrected chi connectivity index (χ0v) is 15.6. The van der Waals surface area contributed by atoms with E-state index in [0.717, 1.165) is 18.4 Å². The van der Waals surface area contributed by atoms with Crippen LogP contribution in [0.5, 0.6) is 0 Å². The second-order valence-electron chi connectivity index (χ2n) is 6.09. The minimum atomic E-state index is -0.507. The molecule has 0 saturated heterocycles. The molecular weight excluding hydrogens is 342 g/mol. The van der Waals surface area contributed by atoms with Gasteiger partial charge in [0.15, 0.2) is 5.15 Å². The normalized spacial score (nSPS) is 11.1. The van der Waals surface area contributed by atoms with Crippen LogP contribution in [0.3, 0.4) is 0 Å². The lowest BCUT2D eigenvalue weighted by Crippen LogP contribution is -2.41. The summed E-state index contributed by atoms with van der Waals surface area (Å²) in [5, 5.41) is 1.59. The van der Waals surface area contributed by atoms with Crippen LogP contribution in [0.4, 0.5) is 5.00 Å². The van der Waals surface area contributed by atoms with Crippen LogP contribution in [-0.4, -0.2) is 22.4 Å². The topological polar surface area (TPSA) is 46.1 Å². The van der Waals surface area contributed by atoms with E-state index >= 15 is 0 Å². The van der Waals surface area contributed by atoms with Crippen molar-refractivity contribution >= 4 is 33.8 Å². The SMILES string of the molecule is C#CCN(C(=O)C(C)(C)CCC)c1sc(-c2cccnc2)nc1Cl. The van der Waals surface area contributed by atoms with E-state index in [2.05, 4.69) is 22.8 Å². The van der Waals surface area contributed by atoms with Crippen molar-refractivity contribution in [2.75, 3.05) is 11.4 Å². The third-order valence-electron chi connectivity index (χ3n) is 3.67. The van der Waals surface area contributed by atoms with Crippen LogP contribution in [0.1, 0.15) is 33.6 Å². The highest BCUT2D eigenvalue weighted by Crippen LogP contribution is 2.39. The molecule has 1 amide bonds. The lowest BCUT2D eigenvalue weighted by molar-refractivity contribution is -0.126. The second-order valence-corrected chi connectivity index (χ2v) is 7.42. The maximum Gasteiger partial charge on any atom is 0.234 e. The monoisotopic (exact) mass is 361 g/mol. The molecule has 0 unspecified atom stereocenters. The first-order chi connectivity index (χ1) is 11.4. The summed E-state index contributed by atoms with van der Waals surface area (Å²) in [6.07, 6.45) is 10.6. The van der Waals surface area contributed by atoms with Gasteiger partial charge < -0.3 is 0 Å². The molecule has 0 aliphatic carbocycles. The fourth-order valence-electron chi connectivity index (χ4n) is 2.50. The summed E-state index contributed by atoms with van der Waals surface area (Å²) in [5.74, 6) is 2.51. The maximum atomic E-state index is 13.0. The Labute approximate surface area is 151 Å². The van der Waals surface area contributed by atoms with Gasteiger partial charge in [-0.25, -0.2) is 4.98 Å². The molecule has 2 aromatic heterocycles. The van der Waals surface area contributed by atoms with Crippen molar-refractivity contribution in [2.24, 2.45) is 5.41 Å². The van der Waals surface area contributed by atoms with Crippen LogP contribution in [0, 0.1) is 17.8 Å². The molecule has 0 aliphatic heterocycles. The molecule has 6 heteroatoms. The van der Waals surface area contributed by atoms with Crippen molar-refractivity contribution in [1.29, 1.82) is 0 Å². The number of nitrogens with zero attached hydrogens (tertiary/aromatic N) is 3. The fraction of sp³-hybridized carbons (Fsp3) is 0.389. The number of aromatic nitrogens is 2. The Morgan fingerprint density at radius 3 is 2.83 bits per heavy atom. The van der Waals surface area contributed by atoms with E-state index in [-0.39, 0.29) is 17.6 Å². The Kier molecular flexibility index (Phi) is 5.98. The number of thiazole rings is 1. The molecule has 4 nitrogen and oxygen atoms in total. The summed E-state index contributed by atoms with van der Waals surface area (Å²) in [5.41, 5.74) is 0.351. The first kappa shape index (κ1) is 18.4. The number of amides is 1. The quantitative estimate of drug-likeness (QED) is 0.703. The summed E-state index contributed by atoms with van der Waals surface area (Å²) >= 11 is 7.66. The molecule has 24 heavy (non-hydrogen) atoms. The molecule has 0 atom stereocenters. The third-order valence-corrected chi connectivity index (χ3v) is 5.17. The first-order valence-corrected chi connectivity index (χ1v) is 8.92. The Morgan fingerprint density at radius 2 is 2.25 bits per heavy atom. The number of hydrogen-bond donors (Lipinski definition) is 0. The number of terminal acetylenes is 1. The van der Waals surface area contributed by atoms with Crippen LogP contribution in [0.25, 0.3) is 10.6 Å². The van der Waals surface area contributed by atoms with Crippen molar-refractivity contribution in [3.8, 4) is 22.9 Å². The minimum Gasteiger partial charge on any atom is -0.289 e. The number of carbonyl (C=O) groups is 1. The molecule has 0 N–H and O–H groups in total. The predicted molar refractivity (Wildman–Crippen MR) is 100 cm³/mol. The van der Waals surface area contributed by atoms with E-state index in [1.54, 1.807) is 17.3 Å². The van der Waals surface area contributed by atoms with Crippen LogP contribution >= 0.6 is 22.9 Å². The van der Waals surface area contributed by atoms with Crippen molar-refractivity contribution in [1.82, 2.24) is 9.97 Å². The Hall–Kier alpha value is -1.90. The van der Waals surface area contributed by atoms with Crippen molar-refractivity contribution in [3.05, 3.63) is 29.7 Å². The van der Waals surface area contributed by atoms with Crippen molar-refractivity contribution in [2.45, 2.75) is 33.6 Å². The molecular formula is C18H20ClN3OS. The standard InChI is InChI=1S/C18H20ClN3OS/c1-5-9-18(3,4)17(23)22(11-6-2)16-14(19)21-15(24-16)13-8-7-10-20-12-13/h2,7-8,10,12H,5,9,11H2,1,3-4H3. The van der Waals surface area contributed by atoms with Gasteiger partial charge in [-0.05, 0) is 18.6 Å². The molecule has 0 bridgehead atoms. The van der Waals surface area contributed by atoms with Gasteiger partial charge in [-0.15, -0.1) is 6.42 Å². The van der Waals surface area contributed by atoms with Gasteiger partial charge in [0.1, 0.15) is 10.0 Å². The predicted octanol–water partition coefficient (Wildman–Crippen LogP) is 4.65. The van der Waals surface area contributed by atoms with Gasteiger partial charge in [0, 0.05) is 23.4 Å². The summed E-state index contributed by atoms with van der Waals surface area (Å²) in [6, 6.07) is 3.74. The molecule has 2 aromatic rings. The molecule has 0 saturated carbocycles. The van der Waals surface area contributed by atoms with E-state index in [0.29, 0.717) is 10.0 Å². The first-order valence-electron chi connectivity index (χ1n) is 7.73. The van der Waals surface area contributed by atoms with E-state index in [9.17, 15) is 4.79 Å². The van der Waals surface area contributed by atoms with E-state index in [4.69, 9.17) is 18.0 Å². The number of rotatable bonds is 6. The molecule has 2 rings (SSSR count). The minimum absolute atomic E-state index is 0.0365. The number of pyridine rings is 1. The lowest BCUT2D eigenvalue weighted by Gasteiger charge is -2.29. The number of carbonyl (C=O) groups excluding carboxylic acids is 1. The Bertz CT molecular complexity index is 749.